The molecule has 3 fully saturated rings. The summed E-state index contributed by atoms with van der Waals surface area (Å²) < 4.78 is 0. The van der Waals surface area contributed by atoms with Gasteiger partial charge >= 0.3 is 0 Å². The van der Waals surface area contributed by atoms with E-state index >= 15 is 0 Å². The van der Waals surface area contributed by atoms with Gasteiger partial charge in [-0.25, -0.2) is 0 Å². The predicted octanol–water partition coefficient (Wildman–Crippen LogP) is 4.73. The van der Waals surface area contributed by atoms with Crippen LogP contribution >= 0.6 is 11.6 Å². The maximum Gasteiger partial charge on any atom is 0.222 e. The molecule has 1 aromatic carbocycles. The van der Waals surface area contributed by atoms with Crippen LogP contribution in [0.1, 0.15) is 56.9 Å². The van der Waals surface area contributed by atoms with E-state index in [1.54, 1.807) is 0 Å². The highest BCUT2D eigenvalue weighted by Crippen LogP contribution is 2.37. The largest absolute Gasteiger partial charge is 0.338 e. The van der Waals surface area contributed by atoms with Crippen LogP contribution in [0.4, 0.5) is 0 Å². The number of carbonyl (C=O) groups is 1. The predicted molar refractivity (Wildman–Crippen MR) is 106 cm³/mol. The van der Waals surface area contributed by atoms with Gasteiger partial charge in [-0.15, -0.1) is 0 Å². The fourth-order valence-corrected chi connectivity index (χ4v) is 5.54. The molecule has 1 amide bonds. The van der Waals surface area contributed by atoms with E-state index in [0.717, 1.165) is 41.8 Å². The Morgan fingerprint density at radius 1 is 0.962 bits per heavy atom. The molecule has 3 atom stereocenters. The van der Waals surface area contributed by atoms with Gasteiger partial charge in [-0.05, 0) is 55.7 Å². The number of benzene rings is 1. The second-order valence-electron chi connectivity index (χ2n) is 8.48. The highest BCUT2D eigenvalue weighted by Gasteiger charge is 2.35. The molecular weight excluding hydrogens is 344 g/mol. The summed E-state index contributed by atoms with van der Waals surface area (Å²) >= 11 is 6.30. The molecule has 142 valence electrons. The third kappa shape index (κ3) is 4.09. The lowest BCUT2D eigenvalue weighted by Gasteiger charge is -2.44. The van der Waals surface area contributed by atoms with E-state index in [2.05, 4.69) is 4.90 Å². The van der Waals surface area contributed by atoms with Crippen molar-refractivity contribution in [2.75, 3.05) is 19.6 Å². The number of carbonyl (C=O) groups excluding carboxylic acids is 1. The molecule has 4 heteroatoms. The van der Waals surface area contributed by atoms with Crippen LogP contribution in [0.5, 0.6) is 0 Å². The van der Waals surface area contributed by atoms with Crippen molar-refractivity contribution in [3.63, 3.8) is 0 Å². The number of rotatable bonds is 3. The number of amides is 1. The molecule has 2 heterocycles. The van der Waals surface area contributed by atoms with E-state index in [1.165, 1.54) is 45.2 Å². The molecule has 0 radical (unpaired) electrons. The van der Waals surface area contributed by atoms with Gasteiger partial charge in [0.15, 0.2) is 0 Å². The normalized spacial score (nSPS) is 30.7. The van der Waals surface area contributed by atoms with Crippen LogP contribution in [0.25, 0.3) is 0 Å². The van der Waals surface area contributed by atoms with Gasteiger partial charge in [-0.2, -0.15) is 0 Å². The molecule has 4 rings (SSSR count). The summed E-state index contributed by atoms with van der Waals surface area (Å²) in [5.74, 6) is 2.18. The summed E-state index contributed by atoms with van der Waals surface area (Å²) in [7, 11) is 0. The Morgan fingerprint density at radius 3 is 2.62 bits per heavy atom. The number of halogens is 1. The average molecular weight is 375 g/mol. The third-order valence-corrected chi connectivity index (χ3v) is 7.30. The van der Waals surface area contributed by atoms with E-state index in [0.29, 0.717) is 24.9 Å². The van der Waals surface area contributed by atoms with Gasteiger partial charge in [0.2, 0.25) is 5.91 Å². The highest BCUT2D eigenvalue weighted by molar-refractivity contribution is 6.31. The fourth-order valence-electron chi connectivity index (χ4n) is 5.35. The lowest BCUT2D eigenvalue weighted by Crippen LogP contribution is -2.47. The molecule has 0 N–H and O–H groups in total. The monoisotopic (exact) mass is 374 g/mol. The van der Waals surface area contributed by atoms with Crippen molar-refractivity contribution in [1.82, 2.24) is 9.80 Å². The quantitative estimate of drug-likeness (QED) is 0.763. The maximum atomic E-state index is 12.7. The lowest BCUT2D eigenvalue weighted by atomic mass is 9.74. The number of nitrogens with zero attached hydrogens (tertiary/aromatic N) is 2. The first-order valence-electron chi connectivity index (χ1n) is 10.5. The van der Waals surface area contributed by atoms with Crippen molar-refractivity contribution in [3.8, 4) is 0 Å². The Labute approximate surface area is 162 Å². The number of likely N-dealkylation sites (tertiary alicyclic amines) is 2. The Hall–Kier alpha value is -1.06. The zero-order valence-corrected chi connectivity index (χ0v) is 16.5. The van der Waals surface area contributed by atoms with Crippen molar-refractivity contribution in [2.24, 2.45) is 11.8 Å². The number of fused-ring (bicyclic) bond motifs is 1. The van der Waals surface area contributed by atoms with E-state index in [-0.39, 0.29) is 0 Å². The van der Waals surface area contributed by atoms with Gasteiger partial charge in [0.1, 0.15) is 0 Å². The Bertz CT molecular complexity index is 634. The fraction of sp³-hybridized carbons (Fsp3) is 0.682. The van der Waals surface area contributed by atoms with Crippen LogP contribution in [0.3, 0.4) is 0 Å². The topological polar surface area (TPSA) is 23.6 Å². The first-order valence-corrected chi connectivity index (χ1v) is 10.8. The van der Waals surface area contributed by atoms with Crippen LogP contribution in [0.2, 0.25) is 5.02 Å². The molecule has 3 nitrogen and oxygen atoms in total. The summed E-state index contributed by atoms with van der Waals surface area (Å²) in [6.07, 6.45) is 9.92. The van der Waals surface area contributed by atoms with Crippen LogP contribution in [0, 0.1) is 11.8 Å². The van der Waals surface area contributed by atoms with E-state index in [1.807, 2.05) is 29.2 Å². The molecule has 2 aliphatic heterocycles. The zero-order valence-electron chi connectivity index (χ0n) is 15.7. The third-order valence-electron chi connectivity index (χ3n) is 6.93. The van der Waals surface area contributed by atoms with E-state index in [4.69, 9.17) is 11.6 Å². The second-order valence-corrected chi connectivity index (χ2v) is 8.88. The molecule has 1 aromatic rings. The molecule has 26 heavy (non-hydrogen) atoms. The van der Waals surface area contributed by atoms with Crippen molar-refractivity contribution in [2.45, 2.75) is 64.0 Å². The molecule has 3 aliphatic rings. The average Bonchev–Trinajstić information content (AvgIpc) is 2.85. The van der Waals surface area contributed by atoms with Crippen LogP contribution in [0.15, 0.2) is 24.3 Å². The summed E-state index contributed by atoms with van der Waals surface area (Å²) in [4.78, 5) is 17.4. The molecule has 0 bridgehead atoms. The van der Waals surface area contributed by atoms with Gasteiger partial charge < -0.3 is 9.80 Å². The van der Waals surface area contributed by atoms with E-state index in [9.17, 15) is 4.79 Å². The van der Waals surface area contributed by atoms with Gasteiger partial charge in [-0.1, -0.05) is 49.1 Å². The molecular formula is C22H31ClN2O. The van der Waals surface area contributed by atoms with Gasteiger partial charge in [0, 0.05) is 37.1 Å². The molecule has 0 aromatic heterocycles. The minimum atomic E-state index is 0.292. The van der Waals surface area contributed by atoms with Crippen molar-refractivity contribution < 1.29 is 4.79 Å². The zero-order chi connectivity index (χ0) is 17.9. The van der Waals surface area contributed by atoms with Crippen molar-refractivity contribution >= 4 is 17.5 Å². The van der Waals surface area contributed by atoms with Crippen molar-refractivity contribution in [3.05, 3.63) is 34.9 Å². The van der Waals surface area contributed by atoms with Gasteiger partial charge in [-0.3, -0.25) is 4.79 Å². The molecule has 0 unspecified atom stereocenters. The smallest absolute Gasteiger partial charge is 0.222 e. The Balaban J connectivity index is 1.36. The van der Waals surface area contributed by atoms with Crippen LogP contribution in [-0.2, 0) is 11.3 Å². The molecule has 1 saturated carbocycles. The van der Waals surface area contributed by atoms with Gasteiger partial charge in [0.25, 0.3) is 0 Å². The van der Waals surface area contributed by atoms with Crippen LogP contribution < -0.4 is 0 Å². The maximum absolute atomic E-state index is 12.7. The second kappa shape index (κ2) is 8.31. The van der Waals surface area contributed by atoms with Crippen LogP contribution in [-0.4, -0.2) is 41.4 Å². The standard InChI is InChI=1S/C22H31ClN2O/c23-21-8-4-3-7-19(21)16-25-14-12-20(9-10-22(25)26)24-13-11-17-5-1-2-6-18(17)15-24/h3-4,7-8,17-18,20H,1-2,5-6,9-16H2/t17-,18-,20-/m0/s1. The Kier molecular flexibility index (Phi) is 5.85. The first kappa shape index (κ1) is 18.3. The summed E-state index contributed by atoms with van der Waals surface area (Å²) in [6, 6.07) is 8.47. The summed E-state index contributed by atoms with van der Waals surface area (Å²) in [6.45, 7) is 4.02. The Morgan fingerprint density at radius 2 is 1.77 bits per heavy atom. The van der Waals surface area contributed by atoms with E-state index < -0.39 is 0 Å². The number of hydrogen-bond donors (Lipinski definition) is 0. The van der Waals surface area contributed by atoms with Gasteiger partial charge in [0.05, 0.1) is 0 Å². The minimum absolute atomic E-state index is 0.292. The first-order chi connectivity index (χ1) is 12.7. The number of hydrogen-bond acceptors (Lipinski definition) is 2. The molecule has 1 aliphatic carbocycles. The molecule has 2 saturated heterocycles. The highest BCUT2D eigenvalue weighted by atomic mass is 35.5. The SMILES string of the molecule is O=C1CC[C@H](N2CC[C@@H]3CCCC[C@H]3C2)CCN1Cc1ccccc1Cl. The lowest BCUT2D eigenvalue weighted by molar-refractivity contribution is -0.131. The van der Waals surface area contributed by atoms with Crippen molar-refractivity contribution in [1.29, 1.82) is 0 Å². The number of piperidine rings is 1. The summed E-state index contributed by atoms with van der Waals surface area (Å²) in [5, 5.41) is 0.764. The minimum Gasteiger partial charge on any atom is -0.338 e. The summed E-state index contributed by atoms with van der Waals surface area (Å²) in [5.41, 5.74) is 1.06. The molecule has 0 spiro atoms.